The first-order valence-corrected chi connectivity index (χ1v) is 9.79. The minimum absolute atomic E-state index is 0.186. The smallest absolute Gasteiger partial charge is 0.338 e. The normalized spacial score (nSPS) is 11.2. The molecule has 0 aliphatic carbocycles. The summed E-state index contributed by atoms with van der Waals surface area (Å²) in [6.07, 6.45) is 0.769. The van der Waals surface area contributed by atoms with E-state index >= 15 is 0 Å². The van der Waals surface area contributed by atoms with Gasteiger partial charge in [-0.25, -0.2) is 10.2 Å². The fraction of sp³-hybridized carbons (Fsp3) is 0.208. The molecule has 3 aromatic carbocycles. The number of hydrazone groups is 1. The molecule has 3 rings (SSSR count). The van der Waals surface area contributed by atoms with Crippen LogP contribution in [0.15, 0.2) is 71.8 Å². The number of fused-ring (bicyclic) bond motifs is 1. The summed E-state index contributed by atoms with van der Waals surface area (Å²) in [7, 11) is 0. The van der Waals surface area contributed by atoms with E-state index in [9.17, 15) is 9.59 Å². The molecular formula is C24H24N2O4. The number of hydrogen-bond donors (Lipinski definition) is 1. The van der Waals surface area contributed by atoms with Crippen molar-refractivity contribution in [3.05, 3.63) is 77.9 Å². The molecule has 0 radical (unpaired) electrons. The van der Waals surface area contributed by atoms with E-state index in [0.717, 1.165) is 22.8 Å². The molecule has 0 unspecified atom stereocenters. The predicted molar refractivity (Wildman–Crippen MR) is 117 cm³/mol. The molecule has 0 atom stereocenters. The maximum atomic E-state index is 12.0. The van der Waals surface area contributed by atoms with Crippen LogP contribution in [0.25, 0.3) is 10.8 Å². The van der Waals surface area contributed by atoms with E-state index < -0.39 is 0 Å². The minimum atomic E-state index is -0.375. The average molecular weight is 404 g/mol. The van der Waals surface area contributed by atoms with E-state index in [1.165, 1.54) is 0 Å². The van der Waals surface area contributed by atoms with Crippen LogP contribution < -0.4 is 10.2 Å². The highest BCUT2D eigenvalue weighted by molar-refractivity contribution is 6.02. The number of esters is 1. The molecule has 1 N–H and O–H groups in total. The zero-order chi connectivity index (χ0) is 21.3. The quantitative estimate of drug-likeness (QED) is 0.344. The van der Waals surface area contributed by atoms with Gasteiger partial charge in [-0.05, 0) is 60.0 Å². The van der Waals surface area contributed by atoms with Gasteiger partial charge in [0.15, 0.2) is 6.61 Å². The van der Waals surface area contributed by atoms with Crippen molar-refractivity contribution in [2.75, 3.05) is 13.2 Å². The first-order chi connectivity index (χ1) is 14.6. The van der Waals surface area contributed by atoms with Gasteiger partial charge in [0.1, 0.15) is 5.75 Å². The molecular weight excluding hydrogens is 380 g/mol. The summed E-state index contributed by atoms with van der Waals surface area (Å²) in [6, 6.07) is 20.5. The molecule has 0 aliphatic heterocycles. The fourth-order valence-electron chi connectivity index (χ4n) is 2.77. The standard InChI is InChI=1S/C24H24N2O4/c1-3-14-29-24(28)19-10-12-22(13-11-19)30-16-23(27)26-25-17(2)20-9-8-18-6-4-5-7-21(18)15-20/h4-13,15H,3,14,16H2,1-2H3,(H,26,27). The Kier molecular flexibility index (Phi) is 7.16. The van der Waals surface area contributed by atoms with Crippen LogP contribution in [0.1, 0.15) is 36.2 Å². The van der Waals surface area contributed by atoms with E-state index in [2.05, 4.69) is 10.5 Å². The van der Waals surface area contributed by atoms with Crippen LogP contribution in [0.3, 0.4) is 0 Å². The van der Waals surface area contributed by atoms with Crippen LogP contribution in [0.2, 0.25) is 0 Å². The Balaban J connectivity index is 1.51. The molecule has 154 valence electrons. The van der Waals surface area contributed by atoms with Gasteiger partial charge in [0.25, 0.3) is 5.91 Å². The Labute approximate surface area is 175 Å². The molecule has 0 fully saturated rings. The fourth-order valence-corrected chi connectivity index (χ4v) is 2.77. The number of ether oxygens (including phenoxy) is 2. The molecule has 3 aromatic rings. The monoisotopic (exact) mass is 404 g/mol. The third kappa shape index (κ3) is 5.67. The summed E-state index contributed by atoms with van der Waals surface area (Å²) < 4.78 is 10.5. The second kappa shape index (κ2) is 10.2. The van der Waals surface area contributed by atoms with E-state index in [4.69, 9.17) is 9.47 Å². The summed E-state index contributed by atoms with van der Waals surface area (Å²) in [5.74, 6) is -0.270. The second-order valence-corrected chi connectivity index (χ2v) is 6.74. The number of benzene rings is 3. The Morgan fingerprint density at radius 1 is 0.933 bits per heavy atom. The predicted octanol–water partition coefficient (Wildman–Crippen LogP) is 4.33. The van der Waals surface area contributed by atoms with Gasteiger partial charge in [-0.2, -0.15) is 5.10 Å². The number of amides is 1. The van der Waals surface area contributed by atoms with Gasteiger partial charge in [0, 0.05) is 0 Å². The molecule has 1 amide bonds. The van der Waals surface area contributed by atoms with Gasteiger partial charge in [-0.15, -0.1) is 0 Å². The van der Waals surface area contributed by atoms with Crippen molar-refractivity contribution in [1.29, 1.82) is 0 Å². The van der Waals surface area contributed by atoms with Crippen molar-refractivity contribution in [3.8, 4) is 5.75 Å². The van der Waals surface area contributed by atoms with Crippen molar-refractivity contribution in [3.63, 3.8) is 0 Å². The van der Waals surface area contributed by atoms with Crippen molar-refractivity contribution in [2.24, 2.45) is 5.10 Å². The zero-order valence-electron chi connectivity index (χ0n) is 17.1. The molecule has 0 spiro atoms. The Morgan fingerprint density at radius 3 is 2.37 bits per heavy atom. The maximum Gasteiger partial charge on any atom is 0.338 e. The van der Waals surface area contributed by atoms with Crippen molar-refractivity contribution < 1.29 is 19.1 Å². The highest BCUT2D eigenvalue weighted by Gasteiger charge is 2.08. The summed E-state index contributed by atoms with van der Waals surface area (Å²) in [5, 5.41) is 6.42. The van der Waals surface area contributed by atoms with Crippen LogP contribution >= 0.6 is 0 Å². The molecule has 0 aliphatic rings. The molecule has 0 saturated heterocycles. The summed E-state index contributed by atoms with van der Waals surface area (Å²) in [5.41, 5.74) is 4.57. The largest absolute Gasteiger partial charge is 0.484 e. The molecule has 0 aromatic heterocycles. The minimum Gasteiger partial charge on any atom is -0.484 e. The van der Waals surface area contributed by atoms with Crippen molar-refractivity contribution >= 4 is 28.4 Å². The van der Waals surface area contributed by atoms with Gasteiger partial charge >= 0.3 is 5.97 Å². The molecule has 0 bridgehead atoms. The highest BCUT2D eigenvalue weighted by Crippen LogP contribution is 2.16. The number of nitrogens with zero attached hydrogens (tertiary/aromatic N) is 1. The lowest BCUT2D eigenvalue weighted by atomic mass is 10.0. The van der Waals surface area contributed by atoms with Crippen LogP contribution in [-0.4, -0.2) is 30.8 Å². The van der Waals surface area contributed by atoms with E-state index in [-0.39, 0.29) is 18.5 Å². The number of nitrogens with one attached hydrogen (secondary N) is 1. The zero-order valence-corrected chi connectivity index (χ0v) is 17.1. The highest BCUT2D eigenvalue weighted by atomic mass is 16.5. The number of rotatable bonds is 8. The van der Waals surface area contributed by atoms with Crippen molar-refractivity contribution in [1.82, 2.24) is 5.43 Å². The van der Waals surface area contributed by atoms with Gasteiger partial charge < -0.3 is 9.47 Å². The van der Waals surface area contributed by atoms with Crippen LogP contribution in [0, 0.1) is 0 Å². The molecule has 0 heterocycles. The summed E-state index contributed by atoms with van der Waals surface area (Å²) in [6.45, 7) is 3.97. The SMILES string of the molecule is CCCOC(=O)c1ccc(OCC(=O)NN=C(C)c2ccc3ccccc3c2)cc1. The lowest BCUT2D eigenvalue weighted by Crippen LogP contribution is -2.25. The summed E-state index contributed by atoms with van der Waals surface area (Å²) >= 11 is 0. The molecule has 0 saturated carbocycles. The molecule has 30 heavy (non-hydrogen) atoms. The molecule has 6 nitrogen and oxygen atoms in total. The van der Waals surface area contributed by atoms with E-state index in [1.54, 1.807) is 24.3 Å². The van der Waals surface area contributed by atoms with Gasteiger partial charge in [-0.1, -0.05) is 43.3 Å². The Hall–Kier alpha value is -3.67. The number of carbonyl (C=O) groups excluding carboxylic acids is 2. The second-order valence-electron chi connectivity index (χ2n) is 6.74. The van der Waals surface area contributed by atoms with Gasteiger partial charge in [0.05, 0.1) is 17.9 Å². The van der Waals surface area contributed by atoms with Crippen molar-refractivity contribution in [2.45, 2.75) is 20.3 Å². The Bertz CT molecular complexity index is 1060. The summed E-state index contributed by atoms with van der Waals surface area (Å²) in [4.78, 5) is 23.8. The van der Waals surface area contributed by atoms with Crippen LogP contribution in [0.4, 0.5) is 0 Å². The van der Waals surface area contributed by atoms with E-state index in [0.29, 0.717) is 23.6 Å². The topological polar surface area (TPSA) is 77.0 Å². The maximum absolute atomic E-state index is 12.0. The van der Waals surface area contributed by atoms with Gasteiger partial charge in [-0.3, -0.25) is 4.79 Å². The first-order valence-electron chi connectivity index (χ1n) is 9.79. The van der Waals surface area contributed by atoms with E-state index in [1.807, 2.05) is 56.3 Å². The lowest BCUT2D eigenvalue weighted by Gasteiger charge is -2.07. The van der Waals surface area contributed by atoms with Crippen LogP contribution in [-0.2, 0) is 9.53 Å². The average Bonchev–Trinajstić information content (AvgIpc) is 2.79. The molecule has 6 heteroatoms. The third-order valence-electron chi connectivity index (χ3n) is 4.41. The lowest BCUT2D eigenvalue weighted by molar-refractivity contribution is -0.123. The number of hydrogen-bond acceptors (Lipinski definition) is 5. The van der Waals surface area contributed by atoms with Crippen LogP contribution in [0.5, 0.6) is 5.75 Å². The first kappa shape index (κ1) is 21.0. The third-order valence-corrected chi connectivity index (χ3v) is 4.41. The van der Waals surface area contributed by atoms with Gasteiger partial charge in [0.2, 0.25) is 0 Å². The Morgan fingerprint density at radius 2 is 1.63 bits per heavy atom. The number of carbonyl (C=O) groups is 2.